The number of hydrogen-bond acceptors (Lipinski definition) is 4. The Labute approximate surface area is 94.2 Å². The maximum atomic E-state index is 11.3. The number of carbonyl (C=O) groups is 1. The summed E-state index contributed by atoms with van der Waals surface area (Å²) in [4.78, 5) is 15.6. The first-order chi connectivity index (χ1) is 7.13. The zero-order valence-corrected chi connectivity index (χ0v) is 10.0. The molecule has 3 nitrogen and oxygen atoms in total. The minimum absolute atomic E-state index is 0.190. The Morgan fingerprint density at radius 2 is 2.33 bits per heavy atom. The van der Waals surface area contributed by atoms with Crippen molar-refractivity contribution in [2.45, 2.75) is 31.0 Å². The highest BCUT2D eigenvalue weighted by Gasteiger charge is 2.15. The highest BCUT2D eigenvalue weighted by Crippen LogP contribution is 2.21. The van der Waals surface area contributed by atoms with Gasteiger partial charge >= 0.3 is 5.97 Å². The van der Waals surface area contributed by atoms with Gasteiger partial charge in [-0.05, 0) is 32.4 Å². The van der Waals surface area contributed by atoms with E-state index in [1.165, 1.54) is 11.8 Å². The van der Waals surface area contributed by atoms with Gasteiger partial charge in [-0.3, -0.25) is 4.79 Å². The highest BCUT2D eigenvalue weighted by atomic mass is 32.2. The first-order valence-corrected chi connectivity index (χ1v) is 5.77. The summed E-state index contributed by atoms with van der Waals surface area (Å²) in [5.74, 6) is -0.190. The molecule has 0 aliphatic carbocycles. The second-order valence-electron chi connectivity index (χ2n) is 3.19. The Balaban J connectivity index is 2.54. The summed E-state index contributed by atoms with van der Waals surface area (Å²) in [6.07, 6.45) is 1.79. The summed E-state index contributed by atoms with van der Waals surface area (Å²) in [6.45, 7) is 6.03. The van der Waals surface area contributed by atoms with Crippen LogP contribution in [-0.4, -0.2) is 22.8 Å². The molecule has 0 radical (unpaired) electrons. The van der Waals surface area contributed by atoms with Gasteiger partial charge in [-0.15, -0.1) is 0 Å². The van der Waals surface area contributed by atoms with Gasteiger partial charge < -0.3 is 4.74 Å². The van der Waals surface area contributed by atoms with Crippen LogP contribution in [-0.2, 0) is 9.53 Å². The fourth-order valence-electron chi connectivity index (χ4n) is 1.01. The standard InChI is InChI=1S/C11H15NO2S/c1-4-14-11(13)9(3)15-10-6-5-8(2)7-12-10/h5-7,9H,4H2,1-3H3. The maximum absolute atomic E-state index is 11.3. The molecule has 0 saturated heterocycles. The summed E-state index contributed by atoms with van der Waals surface area (Å²) in [7, 11) is 0. The van der Waals surface area contributed by atoms with Crippen molar-refractivity contribution in [3.8, 4) is 0 Å². The van der Waals surface area contributed by atoms with E-state index in [1.807, 2.05) is 26.0 Å². The second-order valence-corrected chi connectivity index (χ2v) is 4.55. The number of thioether (sulfide) groups is 1. The molecule has 0 saturated carbocycles. The van der Waals surface area contributed by atoms with E-state index in [2.05, 4.69) is 4.98 Å². The molecular formula is C11H15NO2S. The molecule has 0 aliphatic rings. The van der Waals surface area contributed by atoms with Crippen LogP contribution < -0.4 is 0 Å². The number of esters is 1. The minimum atomic E-state index is -0.208. The Morgan fingerprint density at radius 3 is 2.87 bits per heavy atom. The average molecular weight is 225 g/mol. The predicted octanol–water partition coefficient (Wildman–Crippen LogP) is 2.43. The first-order valence-electron chi connectivity index (χ1n) is 4.89. The van der Waals surface area contributed by atoms with Crippen molar-refractivity contribution < 1.29 is 9.53 Å². The lowest BCUT2D eigenvalue weighted by molar-refractivity contribution is -0.142. The van der Waals surface area contributed by atoms with Crippen LogP contribution in [0.3, 0.4) is 0 Å². The third-order valence-electron chi connectivity index (χ3n) is 1.80. The van der Waals surface area contributed by atoms with Crippen molar-refractivity contribution in [2.24, 2.45) is 0 Å². The van der Waals surface area contributed by atoms with Crippen LogP contribution in [0, 0.1) is 6.92 Å². The van der Waals surface area contributed by atoms with Crippen LogP contribution in [0.1, 0.15) is 19.4 Å². The molecule has 0 amide bonds. The van der Waals surface area contributed by atoms with Crippen molar-refractivity contribution in [1.29, 1.82) is 0 Å². The molecule has 1 aromatic rings. The Bertz CT molecular complexity index is 324. The summed E-state index contributed by atoms with van der Waals surface area (Å²) < 4.78 is 4.91. The molecule has 1 rings (SSSR count). The molecule has 0 spiro atoms. The zero-order chi connectivity index (χ0) is 11.3. The number of carbonyl (C=O) groups excluding carboxylic acids is 1. The lowest BCUT2D eigenvalue weighted by atomic mass is 10.3. The molecule has 0 N–H and O–H groups in total. The normalized spacial score (nSPS) is 12.2. The molecule has 1 atom stereocenters. The van der Waals surface area contributed by atoms with Crippen LogP contribution >= 0.6 is 11.8 Å². The molecule has 1 unspecified atom stereocenters. The molecule has 4 heteroatoms. The maximum Gasteiger partial charge on any atom is 0.319 e. The second kappa shape index (κ2) is 5.75. The molecule has 0 bridgehead atoms. The average Bonchev–Trinajstić information content (AvgIpc) is 2.22. The van der Waals surface area contributed by atoms with Gasteiger partial charge in [0.1, 0.15) is 5.25 Å². The molecule has 15 heavy (non-hydrogen) atoms. The van der Waals surface area contributed by atoms with Crippen molar-refractivity contribution >= 4 is 17.7 Å². The van der Waals surface area contributed by atoms with Gasteiger partial charge in [-0.1, -0.05) is 17.8 Å². The van der Waals surface area contributed by atoms with Gasteiger partial charge in [-0.25, -0.2) is 4.98 Å². The molecule has 1 heterocycles. The van der Waals surface area contributed by atoms with Gasteiger partial charge in [0.2, 0.25) is 0 Å². The van der Waals surface area contributed by atoms with Crippen molar-refractivity contribution in [2.75, 3.05) is 6.61 Å². The highest BCUT2D eigenvalue weighted by molar-refractivity contribution is 8.00. The van der Waals surface area contributed by atoms with E-state index in [-0.39, 0.29) is 11.2 Å². The van der Waals surface area contributed by atoms with Crippen molar-refractivity contribution in [3.63, 3.8) is 0 Å². The van der Waals surface area contributed by atoms with Crippen LogP contribution in [0.2, 0.25) is 0 Å². The van der Waals surface area contributed by atoms with Crippen LogP contribution in [0.15, 0.2) is 23.4 Å². The third kappa shape index (κ3) is 3.91. The summed E-state index contributed by atoms with van der Waals surface area (Å²) in [5, 5.41) is 0.640. The lowest BCUT2D eigenvalue weighted by Gasteiger charge is -2.09. The van der Waals surface area contributed by atoms with Gasteiger partial charge in [0.25, 0.3) is 0 Å². The topological polar surface area (TPSA) is 39.2 Å². The number of aryl methyl sites for hydroxylation is 1. The number of hydrogen-bond donors (Lipinski definition) is 0. The summed E-state index contributed by atoms with van der Waals surface area (Å²) >= 11 is 1.41. The lowest BCUT2D eigenvalue weighted by Crippen LogP contribution is -2.16. The van der Waals surface area contributed by atoms with E-state index in [9.17, 15) is 4.79 Å². The summed E-state index contributed by atoms with van der Waals surface area (Å²) in [5.41, 5.74) is 1.11. The smallest absolute Gasteiger partial charge is 0.319 e. The SMILES string of the molecule is CCOC(=O)C(C)Sc1ccc(C)cn1. The fraction of sp³-hybridized carbons (Fsp3) is 0.455. The quantitative estimate of drug-likeness (QED) is 0.583. The summed E-state index contributed by atoms with van der Waals surface area (Å²) in [6, 6.07) is 3.89. The monoisotopic (exact) mass is 225 g/mol. The number of aromatic nitrogens is 1. The largest absolute Gasteiger partial charge is 0.465 e. The number of nitrogens with zero attached hydrogens (tertiary/aromatic N) is 1. The number of rotatable bonds is 4. The third-order valence-corrected chi connectivity index (χ3v) is 2.83. The zero-order valence-electron chi connectivity index (χ0n) is 9.19. The van der Waals surface area contributed by atoms with Gasteiger partial charge in [0, 0.05) is 6.20 Å². The minimum Gasteiger partial charge on any atom is -0.465 e. The van der Waals surface area contributed by atoms with E-state index < -0.39 is 0 Å². The molecule has 82 valence electrons. The van der Waals surface area contributed by atoms with Crippen molar-refractivity contribution in [1.82, 2.24) is 4.98 Å². The van der Waals surface area contributed by atoms with E-state index in [0.717, 1.165) is 10.6 Å². The van der Waals surface area contributed by atoms with Crippen LogP contribution in [0.5, 0.6) is 0 Å². The van der Waals surface area contributed by atoms with Gasteiger partial charge in [0.15, 0.2) is 0 Å². The molecule has 0 aliphatic heterocycles. The van der Waals surface area contributed by atoms with Crippen molar-refractivity contribution in [3.05, 3.63) is 23.9 Å². The molecule has 1 aromatic heterocycles. The van der Waals surface area contributed by atoms with Crippen LogP contribution in [0.4, 0.5) is 0 Å². The number of ether oxygens (including phenoxy) is 1. The predicted molar refractivity (Wildman–Crippen MR) is 60.9 cm³/mol. The molecule has 0 aromatic carbocycles. The van der Waals surface area contributed by atoms with Crippen LogP contribution in [0.25, 0.3) is 0 Å². The molecule has 0 fully saturated rings. The molecular weight excluding hydrogens is 210 g/mol. The Morgan fingerprint density at radius 1 is 1.60 bits per heavy atom. The van der Waals surface area contributed by atoms with E-state index in [1.54, 1.807) is 13.1 Å². The fourth-order valence-corrected chi connectivity index (χ4v) is 1.80. The number of pyridine rings is 1. The van der Waals surface area contributed by atoms with E-state index >= 15 is 0 Å². The Kier molecular flexibility index (Phi) is 4.62. The van der Waals surface area contributed by atoms with E-state index in [0.29, 0.717) is 6.61 Å². The first kappa shape index (κ1) is 12.0. The van der Waals surface area contributed by atoms with Gasteiger partial charge in [0.05, 0.1) is 11.6 Å². The Hall–Kier alpha value is -1.03. The van der Waals surface area contributed by atoms with Gasteiger partial charge in [-0.2, -0.15) is 0 Å². The van der Waals surface area contributed by atoms with E-state index in [4.69, 9.17) is 4.74 Å².